The van der Waals surface area contributed by atoms with Crippen molar-refractivity contribution in [3.63, 3.8) is 0 Å². The van der Waals surface area contributed by atoms with E-state index < -0.39 is 0 Å². The fourth-order valence-corrected chi connectivity index (χ4v) is 2.31. The van der Waals surface area contributed by atoms with Gasteiger partial charge in [-0.2, -0.15) is 5.10 Å². The van der Waals surface area contributed by atoms with Gasteiger partial charge in [0.25, 0.3) is 11.8 Å². The molecule has 0 saturated carbocycles. The van der Waals surface area contributed by atoms with Crippen LogP contribution in [0.2, 0.25) is 0 Å². The van der Waals surface area contributed by atoms with Crippen LogP contribution in [-0.2, 0) is 0 Å². The second-order valence-corrected chi connectivity index (χ2v) is 5.53. The van der Waals surface area contributed by atoms with E-state index in [1.165, 1.54) is 12.6 Å². The first-order chi connectivity index (χ1) is 12.0. The van der Waals surface area contributed by atoms with Crippen molar-refractivity contribution in [2.45, 2.75) is 19.9 Å². The Kier molecular flexibility index (Phi) is 4.60. The molecule has 1 aromatic carbocycles. The zero-order chi connectivity index (χ0) is 17.8. The Labute approximate surface area is 143 Å². The molecule has 0 radical (unpaired) electrons. The first-order valence-electron chi connectivity index (χ1n) is 7.66. The molecule has 3 rings (SSSR count). The highest BCUT2D eigenvalue weighted by Crippen LogP contribution is 2.18. The summed E-state index contributed by atoms with van der Waals surface area (Å²) in [6.45, 7) is 3.62. The predicted molar refractivity (Wildman–Crippen MR) is 90.1 cm³/mol. The number of hydrogen-bond acceptors (Lipinski definition) is 5. The maximum Gasteiger partial charge on any atom is 0.291 e. The molecule has 0 unspecified atom stereocenters. The molecule has 0 fully saturated rings. The van der Waals surface area contributed by atoms with Crippen LogP contribution in [-0.4, -0.2) is 27.0 Å². The molecule has 3 aromatic rings. The van der Waals surface area contributed by atoms with E-state index in [4.69, 9.17) is 4.42 Å². The second kappa shape index (κ2) is 7.00. The number of carbonyl (C=O) groups excluding carboxylic acids is 2. The largest absolute Gasteiger partial charge is 0.459 e. The average molecular weight is 339 g/mol. The van der Waals surface area contributed by atoms with Crippen LogP contribution in [0.5, 0.6) is 0 Å². The van der Waals surface area contributed by atoms with Gasteiger partial charge in [0.1, 0.15) is 12.2 Å². The number of aryl methyl sites for hydroxylation is 1. The third-order valence-corrected chi connectivity index (χ3v) is 3.67. The summed E-state index contributed by atoms with van der Waals surface area (Å²) in [4.78, 5) is 28.4. The van der Waals surface area contributed by atoms with E-state index in [9.17, 15) is 9.59 Å². The summed E-state index contributed by atoms with van der Waals surface area (Å²) in [6.07, 6.45) is 2.82. The van der Waals surface area contributed by atoms with Crippen LogP contribution in [0.3, 0.4) is 0 Å². The van der Waals surface area contributed by atoms with Crippen LogP contribution in [0.1, 0.15) is 45.3 Å². The number of carbonyl (C=O) groups is 2. The Morgan fingerprint density at radius 3 is 2.72 bits per heavy atom. The van der Waals surface area contributed by atoms with Crippen molar-refractivity contribution in [3.05, 3.63) is 65.6 Å². The molecular formula is C17H17N5O3. The molecule has 0 bridgehead atoms. The van der Waals surface area contributed by atoms with E-state index in [0.717, 1.165) is 5.56 Å². The minimum atomic E-state index is -0.343. The fourth-order valence-electron chi connectivity index (χ4n) is 2.31. The molecule has 2 amide bonds. The topological polar surface area (TPSA) is 113 Å². The van der Waals surface area contributed by atoms with Crippen molar-refractivity contribution < 1.29 is 14.0 Å². The molecule has 8 heteroatoms. The van der Waals surface area contributed by atoms with Crippen molar-refractivity contribution in [2.24, 2.45) is 0 Å². The average Bonchev–Trinajstić information content (AvgIpc) is 3.30. The summed E-state index contributed by atoms with van der Waals surface area (Å²) in [7, 11) is 0. The van der Waals surface area contributed by atoms with Gasteiger partial charge in [-0.3, -0.25) is 14.7 Å². The van der Waals surface area contributed by atoms with Gasteiger partial charge >= 0.3 is 0 Å². The van der Waals surface area contributed by atoms with E-state index in [2.05, 4.69) is 25.8 Å². The number of rotatable bonds is 5. The lowest BCUT2D eigenvalue weighted by atomic mass is 10.1. The van der Waals surface area contributed by atoms with E-state index in [1.807, 2.05) is 13.8 Å². The lowest BCUT2D eigenvalue weighted by Crippen LogP contribution is -2.27. The Morgan fingerprint density at radius 2 is 2.08 bits per heavy atom. The summed E-state index contributed by atoms with van der Waals surface area (Å²) in [5.74, 6) is 0.217. The maximum atomic E-state index is 12.3. The number of anilines is 1. The highest BCUT2D eigenvalue weighted by Gasteiger charge is 2.15. The van der Waals surface area contributed by atoms with Gasteiger partial charge in [-0.25, -0.2) is 4.98 Å². The molecular weight excluding hydrogens is 322 g/mol. The normalized spacial score (nSPS) is 11.8. The van der Waals surface area contributed by atoms with Gasteiger partial charge in [-0.15, -0.1) is 0 Å². The van der Waals surface area contributed by atoms with E-state index in [1.54, 1.807) is 30.3 Å². The van der Waals surface area contributed by atoms with Gasteiger partial charge in [0, 0.05) is 11.3 Å². The fraction of sp³-hybridized carbons (Fsp3) is 0.176. The summed E-state index contributed by atoms with van der Waals surface area (Å²) in [5, 5.41) is 12.1. The minimum Gasteiger partial charge on any atom is -0.459 e. The number of aromatic nitrogens is 3. The highest BCUT2D eigenvalue weighted by molar-refractivity contribution is 6.03. The molecule has 1 atom stereocenters. The minimum absolute atomic E-state index is 0.224. The molecule has 2 aromatic heterocycles. The zero-order valence-corrected chi connectivity index (χ0v) is 13.7. The second-order valence-electron chi connectivity index (χ2n) is 5.53. The standard InChI is InChI=1S/C17H17N5O3/c1-10-8-12(16(23)20-11(2)15-18-9-19-22-15)5-6-13(10)21-17(24)14-4-3-7-25-14/h3-9,11H,1-2H3,(H,20,23)(H,21,24)(H,18,19,22)/t11-/m1/s1. The first-order valence-corrected chi connectivity index (χ1v) is 7.66. The van der Waals surface area contributed by atoms with Crippen LogP contribution in [0.15, 0.2) is 47.3 Å². The Balaban J connectivity index is 1.68. The van der Waals surface area contributed by atoms with Crippen molar-refractivity contribution in [3.8, 4) is 0 Å². The van der Waals surface area contributed by atoms with Crippen molar-refractivity contribution in [1.29, 1.82) is 0 Å². The smallest absolute Gasteiger partial charge is 0.291 e. The van der Waals surface area contributed by atoms with Gasteiger partial charge in [-0.1, -0.05) is 0 Å². The molecule has 25 heavy (non-hydrogen) atoms. The maximum absolute atomic E-state index is 12.3. The van der Waals surface area contributed by atoms with Crippen LogP contribution in [0.25, 0.3) is 0 Å². The van der Waals surface area contributed by atoms with Crippen LogP contribution < -0.4 is 10.6 Å². The third kappa shape index (κ3) is 3.74. The SMILES string of the molecule is Cc1cc(C(=O)N[C@H](C)c2ncn[nH]2)ccc1NC(=O)c1ccco1. The number of furan rings is 1. The molecule has 3 N–H and O–H groups in total. The van der Waals surface area contributed by atoms with Crippen molar-refractivity contribution >= 4 is 17.5 Å². The Bertz CT molecular complexity index is 872. The number of benzene rings is 1. The molecule has 0 aliphatic rings. The Hall–Kier alpha value is -3.42. The number of hydrogen-bond donors (Lipinski definition) is 3. The molecule has 128 valence electrons. The lowest BCUT2D eigenvalue weighted by Gasteiger charge is -2.13. The molecule has 0 aliphatic heterocycles. The van der Waals surface area contributed by atoms with Crippen LogP contribution in [0.4, 0.5) is 5.69 Å². The van der Waals surface area contributed by atoms with E-state index in [-0.39, 0.29) is 23.6 Å². The summed E-state index contributed by atoms with van der Waals surface area (Å²) < 4.78 is 5.06. The van der Waals surface area contributed by atoms with Crippen molar-refractivity contribution in [2.75, 3.05) is 5.32 Å². The number of nitrogens with one attached hydrogen (secondary N) is 3. The molecule has 2 heterocycles. The highest BCUT2D eigenvalue weighted by atomic mass is 16.3. The van der Waals surface area contributed by atoms with E-state index in [0.29, 0.717) is 17.1 Å². The lowest BCUT2D eigenvalue weighted by molar-refractivity contribution is 0.0937. The van der Waals surface area contributed by atoms with Gasteiger partial charge < -0.3 is 15.1 Å². The zero-order valence-electron chi connectivity index (χ0n) is 13.7. The quantitative estimate of drug-likeness (QED) is 0.661. The molecule has 0 aliphatic carbocycles. The number of aromatic amines is 1. The van der Waals surface area contributed by atoms with Gasteiger partial charge in [0.15, 0.2) is 5.76 Å². The number of H-pyrrole nitrogens is 1. The molecule has 0 saturated heterocycles. The van der Waals surface area contributed by atoms with Crippen LogP contribution >= 0.6 is 0 Å². The number of nitrogens with zero attached hydrogens (tertiary/aromatic N) is 2. The number of amides is 2. The predicted octanol–water partition coefficient (Wildman–Crippen LogP) is 2.45. The molecule has 0 spiro atoms. The van der Waals surface area contributed by atoms with Crippen LogP contribution in [0, 0.1) is 6.92 Å². The molecule has 8 nitrogen and oxygen atoms in total. The monoisotopic (exact) mass is 339 g/mol. The van der Waals surface area contributed by atoms with Gasteiger partial charge in [0.2, 0.25) is 0 Å². The van der Waals surface area contributed by atoms with Gasteiger partial charge in [0.05, 0.1) is 12.3 Å². The third-order valence-electron chi connectivity index (χ3n) is 3.67. The van der Waals surface area contributed by atoms with E-state index >= 15 is 0 Å². The summed E-state index contributed by atoms with van der Waals surface area (Å²) in [5.41, 5.74) is 1.86. The van der Waals surface area contributed by atoms with Crippen molar-refractivity contribution in [1.82, 2.24) is 20.5 Å². The Morgan fingerprint density at radius 1 is 1.24 bits per heavy atom. The summed E-state index contributed by atoms with van der Waals surface area (Å²) >= 11 is 0. The summed E-state index contributed by atoms with van der Waals surface area (Å²) in [6, 6.07) is 7.97. The van der Waals surface area contributed by atoms with Gasteiger partial charge in [-0.05, 0) is 49.7 Å². The first kappa shape index (κ1) is 16.4.